The van der Waals surface area contributed by atoms with E-state index >= 15 is 0 Å². The van der Waals surface area contributed by atoms with Crippen molar-refractivity contribution in [2.24, 2.45) is 5.92 Å². The van der Waals surface area contributed by atoms with Gasteiger partial charge in [-0.3, -0.25) is 0 Å². The van der Waals surface area contributed by atoms with Gasteiger partial charge in [-0.2, -0.15) is 0 Å². The Balaban J connectivity index is 1.89. The first-order valence-electron chi connectivity index (χ1n) is 10.8. The van der Waals surface area contributed by atoms with Crippen molar-refractivity contribution in [2.75, 3.05) is 7.11 Å². The summed E-state index contributed by atoms with van der Waals surface area (Å²) in [5.41, 5.74) is 4.77. The lowest BCUT2D eigenvalue weighted by molar-refractivity contribution is 0.00578. The number of benzene rings is 1. The first-order chi connectivity index (χ1) is 13.1. The summed E-state index contributed by atoms with van der Waals surface area (Å²) >= 11 is 3.94. The van der Waals surface area contributed by atoms with Gasteiger partial charge in [0.2, 0.25) is 0 Å². The van der Waals surface area contributed by atoms with E-state index in [4.69, 9.17) is 13.7 Å². The van der Waals surface area contributed by atoms with Gasteiger partial charge in [0, 0.05) is 11.6 Å². The van der Waals surface area contributed by atoms with Crippen molar-refractivity contribution in [1.82, 2.24) is 0 Å². The fourth-order valence-electron chi connectivity index (χ4n) is 4.61. The third kappa shape index (κ3) is 4.05. The highest BCUT2D eigenvalue weighted by atomic mass is 79.9. The fraction of sp³-hybridized carbons (Fsp3) is 0.739. The van der Waals surface area contributed by atoms with E-state index in [9.17, 15) is 0 Å². The molecular formula is C23H38BBrO3Si. The van der Waals surface area contributed by atoms with Gasteiger partial charge in [0.25, 0.3) is 0 Å². The molecule has 0 spiro atoms. The molecule has 1 aromatic rings. The number of rotatable bonds is 4. The third-order valence-electron chi connectivity index (χ3n) is 7.94. The van der Waals surface area contributed by atoms with Crippen LogP contribution in [0.3, 0.4) is 0 Å². The minimum Gasteiger partial charge on any atom is -0.420 e. The predicted molar refractivity (Wildman–Crippen MR) is 129 cm³/mol. The van der Waals surface area contributed by atoms with E-state index < -0.39 is 8.32 Å². The molecule has 0 bridgehead atoms. The van der Waals surface area contributed by atoms with Crippen LogP contribution in [0.4, 0.5) is 0 Å². The summed E-state index contributed by atoms with van der Waals surface area (Å²) in [7, 11) is -0.220. The highest BCUT2D eigenvalue weighted by molar-refractivity contribution is 9.10. The molecule has 2 unspecified atom stereocenters. The standard InChI is InChI=1S/C23H38BBrO3Si/c1-15-11-19(24-27-22(5,6)23(7,8)28-24)20(25)18-13-16(12-17(15)18)14-29(10,26-9)21(2,3)4/h11,16H,12-14H2,1-10H3. The van der Waals surface area contributed by atoms with Crippen LogP contribution in [0.25, 0.3) is 0 Å². The Morgan fingerprint density at radius 1 is 1.14 bits per heavy atom. The second-order valence-electron chi connectivity index (χ2n) is 11.3. The molecule has 29 heavy (non-hydrogen) atoms. The van der Waals surface area contributed by atoms with Crippen LogP contribution in [0.15, 0.2) is 10.5 Å². The maximum atomic E-state index is 6.35. The number of halogens is 1. The molecule has 0 N–H and O–H groups in total. The largest absolute Gasteiger partial charge is 0.496 e. The zero-order chi connectivity index (χ0) is 22.0. The summed E-state index contributed by atoms with van der Waals surface area (Å²) in [6.45, 7) is 20.1. The van der Waals surface area contributed by atoms with Crippen LogP contribution >= 0.6 is 15.9 Å². The highest BCUT2D eigenvalue weighted by Gasteiger charge is 2.52. The first-order valence-corrected chi connectivity index (χ1v) is 14.2. The Labute approximate surface area is 187 Å². The smallest absolute Gasteiger partial charge is 0.420 e. The lowest BCUT2D eigenvalue weighted by atomic mass is 9.76. The van der Waals surface area contributed by atoms with Gasteiger partial charge in [0.1, 0.15) is 0 Å². The van der Waals surface area contributed by atoms with Gasteiger partial charge in [-0.1, -0.05) is 42.8 Å². The summed E-state index contributed by atoms with van der Waals surface area (Å²) < 4.78 is 20.0. The van der Waals surface area contributed by atoms with Gasteiger partial charge in [-0.25, -0.2) is 0 Å². The predicted octanol–water partition coefficient (Wildman–Crippen LogP) is 5.79. The van der Waals surface area contributed by atoms with Crippen LogP contribution in [0.1, 0.15) is 65.2 Å². The van der Waals surface area contributed by atoms with Gasteiger partial charge in [0.05, 0.1) is 11.2 Å². The van der Waals surface area contributed by atoms with Crippen LogP contribution in [-0.4, -0.2) is 33.7 Å². The molecule has 162 valence electrons. The van der Waals surface area contributed by atoms with E-state index in [0.717, 1.165) is 18.3 Å². The van der Waals surface area contributed by atoms with E-state index in [0.29, 0.717) is 5.92 Å². The first kappa shape index (κ1) is 23.5. The Morgan fingerprint density at radius 2 is 1.66 bits per heavy atom. The van der Waals surface area contributed by atoms with E-state index in [1.54, 1.807) is 0 Å². The van der Waals surface area contributed by atoms with Crippen molar-refractivity contribution >= 4 is 36.8 Å². The van der Waals surface area contributed by atoms with Crippen molar-refractivity contribution in [3.05, 3.63) is 27.2 Å². The summed E-state index contributed by atoms with van der Waals surface area (Å²) in [4.78, 5) is 0. The summed E-state index contributed by atoms with van der Waals surface area (Å²) in [5.74, 6) is 0.643. The van der Waals surface area contributed by atoms with E-state index in [1.165, 1.54) is 27.2 Å². The molecule has 3 nitrogen and oxygen atoms in total. The third-order valence-corrected chi connectivity index (χ3v) is 14.3. The second kappa shape index (κ2) is 7.47. The van der Waals surface area contributed by atoms with Crippen molar-refractivity contribution in [2.45, 2.75) is 97.1 Å². The molecule has 0 radical (unpaired) electrons. The van der Waals surface area contributed by atoms with Gasteiger partial charge in [-0.05, 0) is 93.2 Å². The SMILES string of the molecule is CO[Si](C)(CC1Cc2c(C)cc(B3OC(C)(C)C(C)(C)O3)c(Br)c2C1)C(C)(C)C. The quantitative estimate of drug-likeness (QED) is 0.510. The van der Waals surface area contributed by atoms with Crippen molar-refractivity contribution in [3.8, 4) is 0 Å². The second-order valence-corrected chi connectivity index (χ2v) is 16.9. The molecule has 0 saturated carbocycles. The van der Waals surface area contributed by atoms with Gasteiger partial charge in [-0.15, -0.1) is 0 Å². The van der Waals surface area contributed by atoms with E-state index in [1.807, 2.05) is 7.11 Å². The molecular weight excluding hydrogens is 443 g/mol. The maximum absolute atomic E-state index is 6.35. The van der Waals surface area contributed by atoms with Crippen LogP contribution < -0.4 is 5.46 Å². The molecule has 1 saturated heterocycles. The normalized spacial score (nSPS) is 25.2. The summed E-state index contributed by atoms with van der Waals surface area (Å²) in [6.07, 6.45) is 2.25. The fourth-order valence-corrected chi connectivity index (χ4v) is 8.09. The van der Waals surface area contributed by atoms with E-state index in [2.05, 4.69) is 83.9 Å². The maximum Gasteiger partial charge on any atom is 0.496 e. The summed E-state index contributed by atoms with van der Waals surface area (Å²) in [5, 5.41) is 0.233. The monoisotopic (exact) mass is 480 g/mol. The molecule has 1 fully saturated rings. The van der Waals surface area contributed by atoms with Crippen molar-refractivity contribution in [1.29, 1.82) is 0 Å². The Kier molecular flexibility index (Phi) is 6.06. The molecule has 6 heteroatoms. The summed E-state index contributed by atoms with van der Waals surface area (Å²) in [6, 6.07) is 3.46. The number of hydrogen-bond acceptors (Lipinski definition) is 3. The average molecular weight is 481 g/mol. The molecule has 1 aromatic carbocycles. The van der Waals surface area contributed by atoms with Gasteiger partial charge < -0.3 is 13.7 Å². The van der Waals surface area contributed by atoms with Crippen molar-refractivity contribution in [3.63, 3.8) is 0 Å². The van der Waals surface area contributed by atoms with E-state index in [-0.39, 0.29) is 23.4 Å². The molecule has 2 atom stereocenters. The molecule has 0 amide bonds. The Bertz CT molecular complexity index is 786. The highest BCUT2D eigenvalue weighted by Crippen LogP contribution is 2.45. The van der Waals surface area contributed by atoms with Crippen LogP contribution in [0, 0.1) is 12.8 Å². The minimum absolute atomic E-state index is 0.233. The molecule has 2 aliphatic rings. The van der Waals surface area contributed by atoms with Crippen LogP contribution in [-0.2, 0) is 26.6 Å². The zero-order valence-electron chi connectivity index (χ0n) is 20.0. The number of hydrogen-bond donors (Lipinski definition) is 0. The lowest BCUT2D eigenvalue weighted by Gasteiger charge is -2.40. The minimum atomic E-state index is -1.81. The number of fused-ring (bicyclic) bond motifs is 1. The van der Waals surface area contributed by atoms with Crippen molar-refractivity contribution < 1.29 is 13.7 Å². The number of aryl methyl sites for hydroxylation is 1. The lowest BCUT2D eigenvalue weighted by Crippen LogP contribution is -2.44. The topological polar surface area (TPSA) is 27.7 Å². The molecule has 1 aliphatic carbocycles. The van der Waals surface area contributed by atoms with Gasteiger partial charge >= 0.3 is 7.12 Å². The Morgan fingerprint density at radius 3 is 2.14 bits per heavy atom. The molecule has 0 aromatic heterocycles. The average Bonchev–Trinajstić information content (AvgIpc) is 3.08. The Hall–Kier alpha value is -0.138. The van der Waals surface area contributed by atoms with Gasteiger partial charge in [0.15, 0.2) is 8.32 Å². The molecule has 1 heterocycles. The van der Waals surface area contributed by atoms with Crippen LogP contribution in [0.2, 0.25) is 17.6 Å². The van der Waals surface area contributed by atoms with Crippen LogP contribution in [0.5, 0.6) is 0 Å². The molecule has 3 rings (SSSR count). The molecule has 1 aliphatic heterocycles. The zero-order valence-corrected chi connectivity index (χ0v) is 22.5.